The van der Waals surface area contributed by atoms with Crippen LogP contribution >= 0.6 is 0 Å². The van der Waals surface area contributed by atoms with Gasteiger partial charge in [0, 0.05) is 45.0 Å². The van der Waals surface area contributed by atoms with Crippen LogP contribution in [0.15, 0.2) is 296 Å². The first kappa shape index (κ1) is 46.3. The van der Waals surface area contributed by atoms with Gasteiger partial charge in [-0.05, 0) is 172 Å². The van der Waals surface area contributed by atoms with Crippen LogP contribution < -0.4 is 14.5 Å². The predicted octanol–water partition coefficient (Wildman–Crippen LogP) is 21.7. The molecule has 0 amide bonds. The first-order valence-electron chi connectivity index (χ1n) is 28.3. The average molecular weight is 1050 g/mol. The molecule has 0 saturated heterocycles. The second kappa shape index (κ2) is 18.5. The van der Waals surface area contributed by atoms with Gasteiger partial charge in [-0.1, -0.05) is 206 Å². The zero-order valence-electron chi connectivity index (χ0n) is 44.6. The summed E-state index contributed by atoms with van der Waals surface area (Å²) < 4.78 is 13.9. The van der Waals surface area contributed by atoms with Gasteiger partial charge in [0.15, 0.2) is 5.58 Å². The highest BCUT2D eigenvalue weighted by molar-refractivity contribution is 6.24. The van der Waals surface area contributed by atoms with Gasteiger partial charge in [-0.2, -0.15) is 0 Å². The van der Waals surface area contributed by atoms with Crippen molar-refractivity contribution in [3.63, 3.8) is 0 Å². The van der Waals surface area contributed by atoms with Gasteiger partial charge in [0.1, 0.15) is 17.4 Å². The molecule has 1 aromatic heterocycles. The fourth-order valence-corrected chi connectivity index (χ4v) is 13.4. The Labute approximate surface area is 473 Å². The van der Waals surface area contributed by atoms with E-state index in [1.54, 1.807) is 0 Å². The molecule has 0 saturated carbocycles. The van der Waals surface area contributed by atoms with Gasteiger partial charge in [-0.25, -0.2) is 0 Å². The molecule has 0 N–H and O–H groups in total. The minimum absolute atomic E-state index is 0.0692. The van der Waals surface area contributed by atoms with Crippen LogP contribution in [0.4, 0.5) is 34.1 Å². The fourth-order valence-electron chi connectivity index (χ4n) is 13.4. The molecule has 15 aromatic rings. The van der Waals surface area contributed by atoms with Gasteiger partial charge >= 0.3 is 0 Å². The summed E-state index contributed by atoms with van der Waals surface area (Å²) in [7, 11) is 0. The van der Waals surface area contributed by atoms with Crippen LogP contribution in [0, 0.1) is 0 Å². The van der Waals surface area contributed by atoms with Crippen LogP contribution in [0.3, 0.4) is 0 Å². The second-order valence-corrected chi connectivity index (χ2v) is 21.9. The SMILES string of the molecule is C1=CC2Oc3c(cccc3N(c3ccc4ccccc4c3)c3ccc4c(-c5ccc6ccccc6c5)c5cc(N(c6ccc7ccccc7c6)c6cccc7c6oc6ccccc67)ccc5c(-c5ccc6ccccc6c5)c4c3)C2C=C1. The van der Waals surface area contributed by atoms with Gasteiger partial charge < -0.3 is 19.0 Å². The molecule has 0 fully saturated rings. The standard InChI is InChI=1S/C78H50N2O2/c1-5-19-53-43-57(33-31-49(53)15-1)75-65-41-39-62(80(60-38-36-52-18-4-8-22-56(52)46-60)72-28-14-26-68-64-24-10-12-30-74(64)82-78(68)72)48-70(65)76(58-34-32-50-16-2-6-20-54(50)44-58)66-42-40-61(47-69(66)75)79(59-37-35-51-17-3-7-21-55(51)45-59)71-27-13-25-67-63-23-9-11-29-73(63)81-77(67)71/h1-48,63,73H. The zero-order chi connectivity index (χ0) is 53.8. The minimum Gasteiger partial charge on any atom is -0.483 e. The van der Waals surface area contributed by atoms with E-state index in [0.717, 1.165) is 105 Å². The van der Waals surface area contributed by atoms with Crippen molar-refractivity contribution in [2.45, 2.75) is 12.0 Å². The van der Waals surface area contributed by atoms with Crippen molar-refractivity contribution < 1.29 is 9.15 Å². The Hall–Kier alpha value is -10.7. The molecule has 82 heavy (non-hydrogen) atoms. The summed E-state index contributed by atoms with van der Waals surface area (Å²) in [6.07, 6.45) is 8.64. The van der Waals surface area contributed by atoms with Crippen LogP contribution in [0.25, 0.3) is 109 Å². The first-order chi connectivity index (χ1) is 40.6. The predicted molar refractivity (Wildman–Crippen MR) is 344 cm³/mol. The summed E-state index contributed by atoms with van der Waals surface area (Å²) >= 11 is 0. The molecule has 2 unspecified atom stereocenters. The molecular weight excluding hydrogens is 997 g/mol. The molecule has 4 heteroatoms. The summed E-state index contributed by atoms with van der Waals surface area (Å²) in [5, 5.41) is 16.3. The summed E-state index contributed by atoms with van der Waals surface area (Å²) in [5.41, 5.74) is 13.6. The van der Waals surface area contributed by atoms with Gasteiger partial charge in [0.2, 0.25) is 0 Å². The number of furan rings is 1. The Bertz CT molecular complexity index is 5200. The van der Waals surface area contributed by atoms with Crippen molar-refractivity contribution in [2.24, 2.45) is 0 Å². The number of hydrogen-bond acceptors (Lipinski definition) is 4. The Morgan fingerprint density at radius 2 is 0.756 bits per heavy atom. The van der Waals surface area contributed by atoms with Crippen molar-refractivity contribution in [1.29, 1.82) is 0 Å². The van der Waals surface area contributed by atoms with E-state index in [1.165, 1.54) is 48.8 Å². The monoisotopic (exact) mass is 1050 g/mol. The fraction of sp³-hybridized carbons (Fsp3) is 0.0256. The number of fused-ring (bicyclic) bond motifs is 12. The average Bonchev–Trinajstić information content (AvgIpc) is 4.20. The summed E-state index contributed by atoms with van der Waals surface area (Å²) in [5.74, 6) is 1.05. The van der Waals surface area contributed by atoms with E-state index in [-0.39, 0.29) is 12.0 Å². The molecule has 2 heterocycles. The molecule has 14 aromatic carbocycles. The maximum atomic E-state index is 7.01. The largest absolute Gasteiger partial charge is 0.483 e. The Kier molecular flexibility index (Phi) is 10.4. The van der Waals surface area contributed by atoms with Gasteiger partial charge in [0.05, 0.1) is 11.4 Å². The third-order valence-corrected chi connectivity index (χ3v) is 17.2. The lowest BCUT2D eigenvalue weighted by atomic mass is 9.84. The van der Waals surface area contributed by atoms with Crippen molar-refractivity contribution in [3.8, 4) is 28.0 Å². The van der Waals surface area contributed by atoms with Crippen LogP contribution in [0.5, 0.6) is 5.75 Å². The number of allylic oxidation sites excluding steroid dienone is 2. The van der Waals surface area contributed by atoms with E-state index in [4.69, 9.17) is 9.15 Å². The third-order valence-electron chi connectivity index (χ3n) is 17.2. The molecule has 2 aliphatic rings. The quantitative estimate of drug-likeness (QED) is 0.142. The second-order valence-electron chi connectivity index (χ2n) is 21.9. The molecular formula is C78H50N2O2. The molecule has 1 aliphatic heterocycles. The number of nitrogens with zero attached hydrogens (tertiary/aromatic N) is 2. The van der Waals surface area contributed by atoms with Gasteiger partial charge in [-0.15, -0.1) is 0 Å². The lowest BCUT2D eigenvalue weighted by Crippen LogP contribution is -2.16. The summed E-state index contributed by atoms with van der Waals surface area (Å²) in [6, 6.07) is 98.0. The van der Waals surface area contributed by atoms with Crippen molar-refractivity contribution in [2.75, 3.05) is 9.80 Å². The van der Waals surface area contributed by atoms with E-state index >= 15 is 0 Å². The van der Waals surface area contributed by atoms with E-state index < -0.39 is 0 Å². The van der Waals surface area contributed by atoms with Crippen LogP contribution in [-0.4, -0.2) is 6.10 Å². The van der Waals surface area contributed by atoms with Crippen molar-refractivity contribution >= 4 is 121 Å². The topological polar surface area (TPSA) is 28.9 Å². The third kappa shape index (κ3) is 7.38. The zero-order valence-corrected chi connectivity index (χ0v) is 44.6. The summed E-state index contributed by atoms with van der Waals surface area (Å²) in [6.45, 7) is 0. The van der Waals surface area contributed by atoms with Crippen LogP contribution in [0.2, 0.25) is 0 Å². The number of anilines is 6. The van der Waals surface area contributed by atoms with Crippen molar-refractivity contribution in [3.05, 3.63) is 297 Å². The lowest BCUT2D eigenvalue weighted by molar-refractivity contribution is 0.269. The number of rotatable bonds is 8. The maximum absolute atomic E-state index is 7.01. The molecule has 17 rings (SSSR count). The van der Waals surface area contributed by atoms with Gasteiger partial charge in [-0.3, -0.25) is 0 Å². The number of benzene rings is 14. The van der Waals surface area contributed by atoms with E-state index in [2.05, 4.69) is 295 Å². The minimum atomic E-state index is -0.0692. The normalized spacial score (nSPS) is 14.6. The highest BCUT2D eigenvalue weighted by Crippen LogP contribution is 2.53. The highest BCUT2D eigenvalue weighted by atomic mass is 16.5. The van der Waals surface area contributed by atoms with E-state index in [9.17, 15) is 0 Å². The molecule has 0 spiro atoms. The van der Waals surface area contributed by atoms with Crippen LogP contribution in [0.1, 0.15) is 11.5 Å². The number of para-hydroxylation sites is 3. The molecule has 1 aliphatic carbocycles. The molecule has 384 valence electrons. The Morgan fingerprint density at radius 1 is 0.305 bits per heavy atom. The first-order valence-corrected chi connectivity index (χ1v) is 28.3. The molecule has 4 nitrogen and oxygen atoms in total. The smallest absolute Gasteiger partial charge is 0.159 e. The maximum Gasteiger partial charge on any atom is 0.159 e. The highest BCUT2D eigenvalue weighted by Gasteiger charge is 2.36. The Balaban J connectivity index is 0.976. The molecule has 0 radical (unpaired) electrons. The van der Waals surface area contributed by atoms with E-state index in [0.29, 0.717) is 0 Å². The number of hydrogen-bond donors (Lipinski definition) is 0. The number of ether oxygens (including phenoxy) is 1. The molecule has 2 atom stereocenters. The molecule has 0 bridgehead atoms. The summed E-state index contributed by atoms with van der Waals surface area (Å²) in [4.78, 5) is 4.82. The lowest BCUT2D eigenvalue weighted by Gasteiger charge is -2.29. The Morgan fingerprint density at radius 3 is 1.35 bits per heavy atom. The van der Waals surface area contributed by atoms with Crippen LogP contribution in [-0.2, 0) is 0 Å². The van der Waals surface area contributed by atoms with Crippen molar-refractivity contribution in [1.82, 2.24) is 0 Å². The van der Waals surface area contributed by atoms with E-state index in [1.807, 2.05) is 6.07 Å². The van der Waals surface area contributed by atoms with Gasteiger partial charge in [0.25, 0.3) is 0 Å².